The van der Waals surface area contributed by atoms with Crippen molar-refractivity contribution in [2.24, 2.45) is 15.9 Å². The summed E-state index contributed by atoms with van der Waals surface area (Å²) in [7, 11) is 1.39. The Labute approximate surface area is 160 Å². The van der Waals surface area contributed by atoms with E-state index >= 15 is 0 Å². The van der Waals surface area contributed by atoms with Crippen LogP contribution in [0.5, 0.6) is 0 Å². The number of aryl methyl sites for hydroxylation is 1. The lowest BCUT2D eigenvalue weighted by Crippen LogP contribution is -2.34. The second kappa shape index (κ2) is 7.88. The molecule has 3 rings (SSSR count). The number of benzene rings is 1. The molecule has 0 radical (unpaired) electrons. The Hall–Kier alpha value is -2.38. The molecule has 0 saturated heterocycles. The number of carbonyl (C=O) groups excluding carboxylic acids is 1. The lowest BCUT2D eigenvalue weighted by atomic mass is 10.1. The van der Waals surface area contributed by atoms with E-state index in [1.165, 1.54) is 18.4 Å². The van der Waals surface area contributed by atoms with E-state index in [1.54, 1.807) is 0 Å². The minimum absolute atomic E-state index is 0.163. The molecule has 0 aliphatic carbocycles. The van der Waals surface area contributed by atoms with Crippen molar-refractivity contribution in [3.63, 3.8) is 0 Å². The van der Waals surface area contributed by atoms with Crippen LogP contribution in [-0.2, 0) is 16.0 Å². The predicted octanol–water partition coefficient (Wildman–Crippen LogP) is 1.55. The van der Waals surface area contributed by atoms with Crippen LogP contribution in [0.25, 0.3) is 5.70 Å². The molecule has 1 aromatic heterocycles. The lowest BCUT2D eigenvalue weighted by Gasteiger charge is -2.16. The third-order valence-electron chi connectivity index (χ3n) is 4.08. The summed E-state index contributed by atoms with van der Waals surface area (Å²) in [5, 5.41) is 8.80. The van der Waals surface area contributed by atoms with Crippen molar-refractivity contribution >= 4 is 40.4 Å². The third kappa shape index (κ3) is 3.73. The fraction of sp³-hybridized carbons (Fsp3) is 0.278. The van der Waals surface area contributed by atoms with Gasteiger partial charge in [-0.3, -0.25) is 4.79 Å². The molecule has 2 aromatic rings. The summed E-state index contributed by atoms with van der Waals surface area (Å²) in [4.78, 5) is 17.1. The lowest BCUT2D eigenvalue weighted by molar-refractivity contribution is -0.140. The molecule has 0 saturated carbocycles. The van der Waals surface area contributed by atoms with Gasteiger partial charge in [-0.15, -0.1) is 11.3 Å². The van der Waals surface area contributed by atoms with Gasteiger partial charge >= 0.3 is 5.97 Å². The summed E-state index contributed by atoms with van der Waals surface area (Å²) in [6, 6.07) is 9.50. The van der Waals surface area contributed by atoms with Crippen molar-refractivity contribution in [3.05, 3.63) is 55.7 Å². The molecule has 0 bridgehead atoms. The number of nitrogens with one attached hydrogen (secondary N) is 1. The molecular formula is C18H19ClN4O2S. The van der Waals surface area contributed by atoms with Crippen molar-refractivity contribution in [1.82, 2.24) is 5.32 Å². The van der Waals surface area contributed by atoms with Crippen molar-refractivity contribution in [3.8, 4) is 0 Å². The van der Waals surface area contributed by atoms with E-state index in [4.69, 9.17) is 22.2 Å². The summed E-state index contributed by atoms with van der Waals surface area (Å²) < 4.78 is 5.51. The average Bonchev–Trinajstić information content (AvgIpc) is 2.99. The molecule has 1 aliphatic heterocycles. The highest BCUT2D eigenvalue weighted by Gasteiger charge is 2.20. The standard InChI is InChI=1S/C18H19ClN4O2S/c1-10-17(23-20)22-18-13(9-11(26-18)7-8-15(24)25-2)16(21-10)12-5-3-4-6-14(12)19/h3-6,9-10,21H,7-8,20H2,1-2H3. The number of methoxy groups -OCH3 is 1. The van der Waals surface area contributed by atoms with E-state index in [9.17, 15) is 4.79 Å². The molecule has 0 spiro atoms. The fourth-order valence-corrected chi connectivity index (χ4v) is 4.00. The van der Waals surface area contributed by atoms with Gasteiger partial charge in [0.05, 0.1) is 25.3 Å². The first-order valence-electron chi connectivity index (χ1n) is 8.11. The zero-order valence-electron chi connectivity index (χ0n) is 14.5. The summed E-state index contributed by atoms with van der Waals surface area (Å²) >= 11 is 7.93. The van der Waals surface area contributed by atoms with Gasteiger partial charge in [-0.25, -0.2) is 4.99 Å². The highest BCUT2D eigenvalue weighted by atomic mass is 35.5. The molecule has 3 N–H and O–H groups in total. The van der Waals surface area contributed by atoms with Gasteiger partial charge in [0.15, 0.2) is 5.84 Å². The van der Waals surface area contributed by atoms with Crippen molar-refractivity contribution < 1.29 is 9.53 Å². The number of amidine groups is 1. The van der Waals surface area contributed by atoms with E-state index in [0.29, 0.717) is 23.7 Å². The van der Waals surface area contributed by atoms with Gasteiger partial charge in [0.1, 0.15) is 4.67 Å². The summed E-state index contributed by atoms with van der Waals surface area (Å²) in [5.41, 5.74) is 1.76. The monoisotopic (exact) mass is 390 g/mol. The van der Waals surface area contributed by atoms with E-state index in [-0.39, 0.29) is 12.0 Å². The van der Waals surface area contributed by atoms with Crippen LogP contribution in [0.2, 0.25) is 5.02 Å². The number of nitrogens with two attached hydrogens (primary N) is 1. The molecule has 0 amide bonds. The van der Waals surface area contributed by atoms with Gasteiger partial charge in [0.2, 0.25) is 0 Å². The average molecular weight is 391 g/mol. The number of ether oxygens (including phenoxy) is 1. The molecule has 0 fully saturated rings. The molecule has 8 heteroatoms. The Bertz CT molecular complexity index is 983. The topological polar surface area (TPSA) is 89.1 Å². The summed E-state index contributed by atoms with van der Waals surface area (Å²) in [5.74, 6) is 5.79. The Kier molecular flexibility index (Phi) is 5.58. The SMILES string of the molecule is COC(=O)CCc1cc2c(s1)=NC(=NN)C(C)NC=2c1ccccc1Cl. The second-order valence-electron chi connectivity index (χ2n) is 5.83. The Morgan fingerprint density at radius 2 is 2.23 bits per heavy atom. The van der Waals surface area contributed by atoms with Crippen LogP contribution in [0.3, 0.4) is 0 Å². The predicted molar refractivity (Wildman–Crippen MR) is 104 cm³/mol. The largest absolute Gasteiger partial charge is 0.469 e. The Balaban J connectivity index is 2.17. The molecule has 6 nitrogen and oxygen atoms in total. The maximum absolute atomic E-state index is 11.4. The van der Waals surface area contributed by atoms with E-state index in [0.717, 1.165) is 26.0 Å². The third-order valence-corrected chi connectivity index (χ3v) is 5.49. The molecule has 26 heavy (non-hydrogen) atoms. The Morgan fingerprint density at radius 3 is 2.92 bits per heavy atom. The maximum atomic E-state index is 11.4. The summed E-state index contributed by atoms with van der Waals surface area (Å²) in [6.45, 7) is 1.95. The van der Waals surface area contributed by atoms with Crippen LogP contribution < -0.4 is 21.0 Å². The van der Waals surface area contributed by atoms with Crippen LogP contribution >= 0.6 is 22.9 Å². The minimum atomic E-state index is -0.239. The van der Waals surface area contributed by atoms with Crippen LogP contribution in [0.15, 0.2) is 40.4 Å². The molecule has 1 unspecified atom stereocenters. The number of nitrogens with zero attached hydrogens (tertiary/aromatic N) is 2. The number of halogens is 1. The number of hydrogen-bond donors (Lipinski definition) is 2. The van der Waals surface area contributed by atoms with Gasteiger partial charge in [-0.05, 0) is 25.5 Å². The molecule has 2 heterocycles. The summed E-state index contributed by atoms with van der Waals surface area (Å²) in [6.07, 6.45) is 0.902. The van der Waals surface area contributed by atoms with Gasteiger partial charge < -0.3 is 15.9 Å². The Morgan fingerprint density at radius 1 is 1.46 bits per heavy atom. The molecule has 136 valence electrons. The number of carbonyl (C=O) groups is 1. The normalized spacial score (nSPS) is 17.9. The van der Waals surface area contributed by atoms with Gasteiger partial charge in [-0.2, -0.15) is 5.10 Å². The van der Waals surface area contributed by atoms with Gasteiger partial charge in [0.25, 0.3) is 0 Å². The first-order valence-corrected chi connectivity index (χ1v) is 9.30. The highest BCUT2D eigenvalue weighted by molar-refractivity contribution is 7.09. The van der Waals surface area contributed by atoms with Gasteiger partial charge in [-0.1, -0.05) is 29.8 Å². The van der Waals surface area contributed by atoms with Crippen LogP contribution in [-0.4, -0.2) is 25.0 Å². The molecule has 1 aliphatic rings. The van der Waals surface area contributed by atoms with E-state index < -0.39 is 0 Å². The zero-order chi connectivity index (χ0) is 18.7. The van der Waals surface area contributed by atoms with Crippen molar-refractivity contribution in [2.75, 3.05) is 7.11 Å². The number of fused-ring (bicyclic) bond motifs is 1. The zero-order valence-corrected chi connectivity index (χ0v) is 16.0. The quantitative estimate of drug-likeness (QED) is 0.471. The van der Waals surface area contributed by atoms with Crippen molar-refractivity contribution in [2.45, 2.75) is 25.8 Å². The molecule has 1 atom stereocenters. The molecular weight excluding hydrogens is 372 g/mol. The number of hydrazone groups is 1. The maximum Gasteiger partial charge on any atom is 0.305 e. The number of esters is 1. The number of hydrogen-bond acceptors (Lipinski definition) is 6. The van der Waals surface area contributed by atoms with Crippen LogP contribution in [0.1, 0.15) is 23.8 Å². The number of rotatable bonds is 4. The van der Waals surface area contributed by atoms with E-state index in [2.05, 4.69) is 15.4 Å². The van der Waals surface area contributed by atoms with E-state index in [1.807, 2.05) is 37.3 Å². The second-order valence-corrected chi connectivity index (χ2v) is 7.35. The first kappa shape index (κ1) is 18.4. The first-order chi connectivity index (χ1) is 12.5. The molecule has 1 aromatic carbocycles. The highest BCUT2D eigenvalue weighted by Crippen LogP contribution is 2.21. The van der Waals surface area contributed by atoms with Crippen LogP contribution in [0, 0.1) is 0 Å². The number of thiophene rings is 1. The van der Waals surface area contributed by atoms with Gasteiger partial charge in [0, 0.05) is 20.7 Å². The fourth-order valence-electron chi connectivity index (χ4n) is 2.73. The minimum Gasteiger partial charge on any atom is -0.469 e. The smallest absolute Gasteiger partial charge is 0.305 e. The van der Waals surface area contributed by atoms with Crippen LogP contribution in [0.4, 0.5) is 0 Å². The van der Waals surface area contributed by atoms with Crippen molar-refractivity contribution in [1.29, 1.82) is 0 Å².